The van der Waals surface area contributed by atoms with E-state index < -0.39 is 18.3 Å². The Balaban J connectivity index is 0.876. The van der Waals surface area contributed by atoms with Crippen molar-refractivity contribution >= 4 is 315 Å². The van der Waals surface area contributed by atoms with Crippen molar-refractivity contribution in [2.45, 2.75) is 224 Å². The zero-order valence-corrected chi connectivity index (χ0v) is 88.4. The first-order chi connectivity index (χ1) is 55.9. The van der Waals surface area contributed by atoms with Crippen LogP contribution < -0.4 is 16.0 Å². The van der Waals surface area contributed by atoms with Gasteiger partial charge in [-0.25, -0.2) is 14.4 Å². The molecule has 5 rings (SSSR count). The number of hydrogen-bond acceptors (Lipinski definition) is 32. The summed E-state index contributed by atoms with van der Waals surface area (Å²) in [6, 6.07) is 43.6. The first kappa shape index (κ1) is 109. The molecule has 0 saturated carbocycles. The Hall–Kier alpha value is 3.01. The summed E-state index contributed by atoms with van der Waals surface area (Å²) in [6.07, 6.45) is 27.7. The number of carbonyl (C=O) groups is 3. The smallest absolute Gasteiger partial charge is 0.411 e. The highest BCUT2D eigenvalue weighted by molar-refractivity contribution is 9.45. The maximum absolute atomic E-state index is 12.7. The second-order valence-electron chi connectivity index (χ2n) is 28.7. The number of nitrogens with one attached hydrogen (secondary N) is 3. The molecule has 5 aromatic carbocycles. The maximum atomic E-state index is 12.7. The molecule has 0 heterocycles. The van der Waals surface area contributed by atoms with Gasteiger partial charge in [-0.05, 0) is 220 Å². The lowest BCUT2D eigenvalue weighted by molar-refractivity contribution is 0.158. The number of ether oxygens (including phenoxy) is 3. The van der Waals surface area contributed by atoms with Gasteiger partial charge in [-0.1, -0.05) is 369 Å². The minimum Gasteiger partial charge on any atom is -0.449 e. The summed E-state index contributed by atoms with van der Waals surface area (Å²) in [5.74, 6) is 7.36. The molecule has 115 heavy (non-hydrogen) atoms. The fraction of sp³-hybridized carbons (Fsp3) is 0.588. The average molecular weight is 2050 g/mol. The fourth-order valence-corrected chi connectivity index (χ4v) is 43.1. The van der Waals surface area contributed by atoms with Crippen molar-refractivity contribution in [3.63, 3.8) is 0 Å². The summed E-state index contributed by atoms with van der Waals surface area (Å²) in [4.78, 5) is 37.6. The first-order valence-electron chi connectivity index (χ1n) is 38.9. The molecule has 0 fully saturated rings. The molecule has 3 N–H and O–H groups in total. The number of hydrogen-bond donors (Lipinski definition) is 9. The second kappa shape index (κ2) is 67.3. The zero-order chi connectivity index (χ0) is 82.9. The topological polar surface area (TPSA) is 115 Å². The maximum Gasteiger partial charge on any atom is 0.411 e. The number of anilines is 3. The van der Waals surface area contributed by atoms with Crippen LogP contribution in [0.15, 0.2) is 127 Å². The molecule has 9 nitrogen and oxygen atoms in total. The van der Waals surface area contributed by atoms with Gasteiger partial charge in [0.1, 0.15) is 0 Å². The number of thiol groups is 6. The third kappa shape index (κ3) is 47.2. The van der Waals surface area contributed by atoms with Crippen LogP contribution in [0.25, 0.3) is 0 Å². The van der Waals surface area contributed by atoms with Crippen molar-refractivity contribution in [1.82, 2.24) is 0 Å². The van der Waals surface area contributed by atoms with Crippen molar-refractivity contribution < 1.29 is 28.6 Å². The van der Waals surface area contributed by atoms with Gasteiger partial charge < -0.3 is 14.2 Å². The van der Waals surface area contributed by atoms with Gasteiger partial charge >= 0.3 is 18.3 Å². The van der Waals surface area contributed by atoms with Gasteiger partial charge in [0.05, 0.1) is 29.3 Å². The SMILES string of the molecule is CSC(C)(CSSS)c1cccc(C(C)(CSC(CCCCCCCCCOC(=O)Nc2ccc(Cc3ccc(NC(=O)OCCCCCCCCCC(CSSCCSSC(CCCCCCCCOC(=O)Nc4ccccc4)C(C)(C)c4cccc(C(C)(CSSS)SS)c4)SSS)cc3)cc2)CSSSSSSS)SS)c1. The Bertz CT molecular complexity index is 3360. The van der Waals surface area contributed by atoms with Crippen LogP contribution in [0.5, 0.6) is 0 Å². The Kier molecular flexibility index (Phi) is 63.5. The van der Waals surface area contributed by atoms with Gasteiger partial charge in [-0.3, -0.25) is 16.0 Å². The van der Waals surface area contributed by atoms with Gasteiger partial charge in [-0.2, -0.15) is 23.5 Å². The van der Waals surface area contributed by atoms with Crippen LogP contribution in [0.3, 0.4) is 0 Å². The molecule has 6 atom stereocenters. The van der Waals surface area contributed by atoms with E-state index in [-0.39, 0.29) is 19.7 Å². The van der Waals surface area contributed by atoms with E-state index in [9.17, 15) is 14.4 Å². The number of carbonyl (C=O) groups excluding carboxylic acids is 3. The van der Waals surface area contributed by atoms with E-state index in [1.54, 1.807) is 72.7 Å². The minimum atomic E-state index is -0.428. The lowest BCUT2D eigenvalue weighted by atomic mass is 9.78. The first-order valence-corrected chi connectivity index (χ1v) is 68.5. The summed E-state index contributed by atoms with van der Waals surface area (Å²) in [5, 5.41) is 10.2. The summed E-state index contributed by atoms with van der Waals surface area (Å²) in [7, 11) is 32.2. The number of para-hydroxylation sites is 1. The molecule has 646 valence electrons. The number of amides is 3. The highest BCUT2D eigenvalue weighted by Gasteiger charge is 2.36. The molecular formula is C80H119N3O6S26. The predicted molar refractivity (Wildman–Crippen MR) is 578 cm³/mol. The molecular weight excluding hydrogens is 1930 g/mol. The largest absolute Gasteiger partial charge is 0.449 e. The molecule has 5 aromatic rings. The van der Waals surface area contributed by atoms with Crippen molar-refractivity contribution in [2.75, 3.05) is 82.3 Å². The van der Waals surface area contributed by atoms with Crippen molar-refractivity contribution in [1.29, 1.82) is 0 Å². The van der Waals surface area contributed by atoms with Gasteiger partial charge in [0, 0.05) is 83.2 Å². The summed E-state index contributed by atoms with van der Waals surface area (Å²) >= 11 is 31.2. The molecule has 35 heteroatoms. The molecule has 3 amide bonds. The molecule has 0 saturated heterocycles. The molecule has 0 aliphatic carbocycles. The Labute approximate surface area is 800 Å². The minimum absolute atomic E-state index is 0.00849. The quantitative estimate of drug-likeness (QED) is 0.00795. The van der Waals surface area contributed by atoms with Crippen molar-refractivity contribution in [2.24, 2.45) is 0 Å². The molecule has 0 radical (unpaired) electrons. The van der Waals surface area contributed by atoms with Gasteiger partial charge in [0.15, 0.2) is 0 Å². The standard InChI is InChI=1S/C80H119N3O6S26/c1-77(2,64-32-30-34-66(55-64)80(5,107-91)61-103-109-93)73(40-26-17-11-14-20-29-49-87-74(84)81-68-36-22-21-23-37-68)105-99-53-52-98-100-58-72(104-110-94)39-25-16-10-8-13-19-28-51-89-76(86)83-70-47-43-63(44-48-70)54-62-41-45-69(46-42-62)82-75(85)88-50-27-18-12-7-9-15-24-38-71(57-101-112-114-115-113-111-95)97-59-79(4,106-90)67-35-31-33-65(56-67)78(3,96-6)60-102-108-92/h21-23,30-37,41-48,55-56,71-73,90-95H,7-20,24-29,38-40,49-54,57-61H2,1-6H3,(H,81,84)(H,82,85)(H,83,86). The summed E-state index contributed by atoms with van der Waals surface area (Å²) in [6.45, 7) is 13.1. The molecule has 0 aromatic heterocycles. The Morgan fingerprint density at radius 1 is 0.374 bits per heavy atom. The van der Waals surface area contributed by atoms with Crippen LogP contribution in [-0.2, 0) is 40.3 Å². The Morgan fingerprint density at radius 2 is 0.791 bits per heavy atom. The van der Waals surface area contributed by atoms with Gasteiger partial charge in [0.25, 0.3) is 0 Å². The second-order valence-corrected chi connectivity index (χ2v) is 59.8. The van der Waals surface area contributed by atoms with E-state index in [0.29, 0.717) is 53.4 Å². The van der Waals surface area contributed by atoms with E-state index in [4.69, 9.17) is 37.5 Å². The molecule has 0 bridgehead atoms. The number of thioether (sulfide) groups is 2. The van der Waals surface area contributed by atoms with E-state index in [1.165, 1.54) is 135 Å². The highest BCUT2D eigenvalue weighted by Crippen LogP contribution is 2.55. The lowest BCUT2D eigenvalue weighted by Crippen LogP contribution is -2.31. The van der Waals surface area contributed by atoms with Crippen LogP contribution in [0.2, 0.25) is 0 Å². The summed E-state index contributed by atoms with van der Waals surface area (Å²) < 4.78 is 16.3. The van der Waals surface area contributed by atoms with Crippen molar-refractivity contribution in [3.8, 4) is 0 Å². The zero-order valence-electron chi connectivity index (χ0n) is 66.7. The van der Waals surface area contributed by atoms with E-state index >= 15 is 0 Å². The van der Waals surface area contributed by atoms with Crippen LogP contribution in [0.4, 0.5) is 31.4 Å². The Morgan fingerprint density at radius 3 is 1.28 bits per heavy atom. The molecule has 6 unspecified atom stereocenters. The number of rotatable bonds is 68. The normalized spacial score (nSPS) is 14.1. The van der Waals surface area contributed by atoms with E-state index in [1.807, 2.05) is 164 Å². The molecule has 0 spiro atoms. The van der Waals surface area contributed by atoms with E-state index in [0.717, 1.165) is 121 Å². The van der Waals surface area contributed by atoms with Gasteiger partial charge in [0.2, 0.25) is 0 Å². The van der Waals surface area contributed by atoms with Gasteiger partial charge in [-0.15, -0.1) is 23.3 Å². The van der Waals surface area contributed by atoms with Crippen LogP contribution >= 0.6 is 280 Å². The number of unbranched alkanes of at least 4 members (excludes halogenated alkanes) is 17. The fourth-order valence-electron chi connectivity index (χ4n) is 12.2. The molecule has 0 aliphatic heterocycles. The van der Waals surface area contributed by atoms with E-state index in [2.05, 4.69) is 175 Å². The monoisotopic (exact) mass is 2050 g/mol. The van der Waals surface area contributed by atoms with Crippen LogP contribution in [0.1, 0.15) is 216 Å². The third-order valence-corrected chi connectivity index (χ3v) is 51.9. The van der Waals surface area contributed by atoms with Crippen LogP contribution in [0, 0.1) is 0 Å². The summed E-state index contributed by atoms with van der Waals surface area (Å²) in [5.41, 5.74) is 9.74. The average Bonchev–Trinajstić information content (AvgIpc) is 0.794. The third-order valence-electron chi connectivity index (χ3n) is 19.4. The lowest BCUT2D eigenvalue weighted by Gasteiger charge is -2.36. The predicted octanol–water partition coefficient (Wildman–Crippen LogP) is 34.5. The molecule has 0 aliphatic rings. The highest BCUT2D eigenvalue weighted by atomic mass is 33.9. The van der Waals surface area contributed by atoms with Crippen LogP contribution in [-0.4, -0.2) is 100 Å². The van der Waals surface area contributed by atoms with Crippen molar-refractivity contribution in [3.05, 3.63) is 161 Å². The number of benzene rings is 5.